The molecule has 0 spiro atoms. The lowest BCUT2D eigenvalue weighted by Crippen LogP contribution is -2.43. The van der Waals surface area contributed by atoms with Gasteiger partial charge in [-0.05, 0) is 30.0 Å². The Balaban J connectivity index is 2.63. The van der Waals surface area contributed by atoms with Crippen LogP contribution in [-0.2, 0) is 16.1 Å². The van der Waals surface area contributed by atoms with Gasteiger partial charge < -0.3 is 9.84 Å². The lowest BCUT2D eigenvalue weighted by Gasteiger charge is -2.25. The number of carbonyl (C=O) groups is 2. The van der Waals surface area contributed by atoms with Crippen molar-refractivity contribution in [2.24, 2.45) is 5.92 Å². The third-order valence-corrected chi connectivity index (χ3v) is 3.24. The highest BCUT2D eigenvalue weighted by Crippen LogP contribution is 2.15. The average molecular weight is 324 g/mol. The first-order chi connectivity index (χ1) is 10.7. The van der Waals surface area contributed by atoms with Crippen LogP contribution in [0.25, 0.3) is 0 Å². The lowest BCUT2D eigenvalue weighted by molar-refractivity contribution is -0.384. The number of nitro groups is 1. The van der Waals surface area contributed by atoms with E-state index in [0.717, 1.165) is 4.90 Å². The minimum absolute atomic E-state index is 0.0555. The van der Waals surface area contributed by atoms with Crippen molar-refractivity contribution in [3.8, 4) is 0 Å². The summed E-state index contributed by atoms with van der Waals surface area (Å²) in [5, 5.41) is 19.7. The number of nitro benzene ring substituents is 1. The summed E-state index contributed by atoms with van der Waals surface area (Å²) in [6, 6.07) is 4.62. The van der Waals surface area contributed by atoms with Gasteiger partial charge in [-0.15, -0.1) is 0 Å². The van der Waals surface area contributed by atoms with Gasteiger partial charge in [0.15, 0.2) is 0 Å². The maximum Gasteiger partial charge on any atom is 0.410 e. The second kappa shape index (κ2) is 8.11. The largest absolute Gasteiger partial charge is 0.480 e. The first-order valence-corrected chi connectivity index (χ1v) is 7.08. The van der Waals surface area contributed by atoms with E-state index in [1.54, 1.807) is 0 Å². The molecular formula is C15H20N2O6. The highest BCUT2D eigenvalue weighted by molar-refractivity contribution is 5.79. The van der Waals surface area contributed by atoms with Crippen LogP contribution in [0.15, 0.2) is 24.3 Å². The van der Waals surface area contributed by atoms with Crippen LogP contribution in [0.5, 0.6) is 0 Å². The van der Waals surface area contributed by atoms with Crippen molar-refractivity contribution in [3.05, 3.63) is 39.9 Å². The molecule has 1 N–H and O–H groups in total. The summed E-state index contributed by atoms with van der Waals surface area (Å²) in [5.74, 6) is -0.977. The van der Waals surface area contributed by atoms with E-state index in [9.17, 15) is 24.8 Å². The number of amides is 1. The Hall–Kier alpha value is -2.64. The fourth-order valence-electron chi connectivity index (χ4n) is 1.96. The summed E-state index contributed by atoms with van der Waals surface area (Å²) >= 11 is 0. The highest BCUT2D eigenvalue weighted by atomic mass is 16.6. The fourth-order valence-corrected chi connectivity index (χ4v) is 1.96. The number of ether oxygens (including phenoxy) is 1. The first-order valence-electron chi connectivity index (χ1n) is 7.08. The number of carboxylic acids is 1. The molecule has 0 aliphatic carbocycles. The van der Waals surface area contributed by atoms with Crippen LogP contribution in [0.3, 0.4) is 0 Å². The molecule has 126 valence electrons. The summed E-state index contributed by atoms with van der Waals surface area (Å²) in [7, 11) is 1.37. The van der Waals surface area contributed by atoms with E-state index in [4.69, 9.17) is 4.74 Å². The quantitative estimate of drug-likeness (QED) is 0.610. The number of rotatable bonds is 7. The van der Waals surface area contributed by atoms with E-state index in [1.165, 1.54) is 31.3 Å². The Morgan fingerprint density at radius 1 is 1.30 bits per heavy atom. The summed E-state index contributed by atoms with van der Waals surface area (Å²) in [6.45, 7) is 3.65. The molecule has 0 saturated carbocycles. The van der Waals surface area contributed by atoms with Gasteiger partial charge in [0.05, 0.1) is 4.92 Å². The van der Waals surface area contributed by atoms with Gasteiger partial charge in [0.1, 0.15) is 12.6 Å². The van der Waals surface area contributed by atoms with E-state index >= 15 is 0 Å². The number of nitrogens with zero attached hydrogens (tertiary/aromatic N) is 2. The van der Waals surface area contributed by atoms with E-state index in [1.807, 2.05) is 13.8 Å². The standard InChI is InChI=1S/C15H20N2O6/c1-10(2)8-13(14(18)19)16(3)15(20)23-9-11-4-6-12(7-5-11)17(21)22/h4-7,10,13H,8-9H2,1-3H3,(H,18,19). The molecule has 1 unspecified atom stereocenters. The summed E-state index contributed by atoms with van der Waals surface area (Å²) in [4.78, 5) is 34.3. The minimum atomic E-state index is -1.09. The van der Waals surface area contributed by atoms with Crippen LogP contribution in [0.1, 0.15) is 25.8 Å². The average Bonchev–Trinajstić information content (AvgIpc) is 2.49. The smallest absolute Gasteiger partial charge is 0.410 e. The van der Waals surface area contributed by atoms with E-state index in [2.05, 4.69) is 0 Å². The van der Waals surface area contributed by atoms with Crippen molar-refractivity contribution in [2.75, 3.05) is 7.05 Å². The molecule has 1 atom stereocenters. The van der Waals surface area contributed by atoms with Crippen molar-refractivity contribution in [3.63, 3.8) is 0 Å². The van der Waals surface area contributed by atoms with Crippen molar-refractivity contribution in [1.29, 1.82) is 0 Å². The second-order valence-electron chi connectivity index (χ2n) is 5.57. The number of carbonyl (C=O) groups excluding carboxylic acids is 1. The van der Waals surface area contributed by atoms with Gasteiger partial charge in [-0.25, -0.2) is 9.59 Å². The SMILES string of the molecule is CC(C)CC(C(=O)O)N(C)C(=O)OCc1ccc([N+](=O)[O-])cc1. The Morgan fingerprint density at radius 3 is 2.30 bits per heavy atom. The Morgan fingerprint density at radius 2 is 1.87 bits per heavy atom. The van der Waals surface area contributed by atoms with Gasteiger partial charge >= 0.3 is 12.1 Å². The number of likely N-dealkylation sites (N-methyl/N-ethyl adjacent to an activating group) is 1. The molecule has 0 aromatic heterocycles. The van der Waals surface area contributed by atoms with Gasteiger partial charge in [0.25, 0.3) is 5.69 Å². The molecule has 1 aromatic rings. The van der Waals surface area contributed by atoms with E-state index in [-0.39, 0.29) is 18.2 Å². The molecule has 23 heavy (non-hydrogen) atoms. The maximum atomic E-state index is 12.0. The van der Waals surface area contributed by atoms with Gasteiger partial charge in [0, 0.05) is 19.2 Å². The molecule has 0 aliphatic rings. The van der Waals surface area contributed by atoms with Crippen molar-refractivity contribution < 1.29 is 24.4 Å². The number of aliphatic carboxylic acids is 1. The molecule has 0 bridgehead atoms. The van der Waals surface area contributed by atoms with Crippen LogP contribution >= 0.6 is 0 Å². The topological polar surface area (TPSA) is 110 Å². The van der Waals surface area contributed by atoms with E-state index < -0.39 is 23.0 Å². The Bertz CT molecular complexity index is 570. The zero-order valence-corrected chi connectivity index (χ0v) is 13.3. The zero-order chi connectivity index (χ0) is 17.6. The third-order valence-electron chi connectivity index (χ3n) is 3.24. The normalized spacial score (nSPS) is 11.8. The van der Waals surface area contributed by atoms with Gasteiger partial charge in [0.2, 0.25) is 0 Å². The van der Waals surface area contributed by atoms with Crippen LogP contribution in [0, 0.1) is 16.0 Å². The molecule has 8 nitrogen and oxygen atoms in total. The molecule has 0 heterocycles. The predicted octanol–water partition coefficient (Wildman–Crippen LogP) is 2.66. The van der Waals surface area contributed by atoms with Crippen LogP contribution in [0.2, 0.25) is 0 Å². The monoisotopic (exact) mass is 324 g/mol. The molecule has 0 fully saturated rings. The zero-order valence-electron chi connectivity index (χ0n) is 13.3. The number of non-ortho nitro benzene ring substituents is 1. The Kier molecular flexibility index (Phi) is 6.49. The second-order valence-corrected chi connectivity index (χ2v) is 5.57. The van der Waals surface area contributed by atoms with Crippen molar-refractivity contribution in [1.82, 2.24) is 4.90 Å². The van der Waals surface area contributed by atoms with Crippen LogP contribution in [-0.4, -0.2) is 40.1 Å². The summed E-state index contributed by atoms with van der Waals surface area (Å²) in [6.07, 6.45) is -0.435. The maximum absolute atomic E-state index is 12.0. The number of benzene rings is 1. The lowest BCUT2D eigenvalue weighted by atomic mass is 10.0. The van der Waals surface area contributed by atoms with E-state index in [0.29, 0.717) is 12.0 Å². The first kappa shape index (κ1) is 18.4. The van der Waals surface area contributed by atoms with Gasteiger partial charge in [-0.1, -0.05) is 13.8 Å². The highest BCUT2D eigenvalue weighted by Gasteiger charge is 2.28. The predicted molar refractivity (Wildman–Crippen MR) is 81.9 cm³/mol. The van der Waals surface area contributed by atoms with Gasteiger partial charge in [-0.3, -0.25) is 15.0 Å². The molecule has 0 saturated heterocycles. The molecule has 0 aliphatic heterocycles. The molecule has 1 aromatic carbocycles. The molecule has 0 radical (unpaired) electrons. The van der Waals surface area contributed by atoms with Crippen molar-refractivity contribution >= 4 is 17.7 Å². The van der Waals surface area contributed by atoms with Gasteiger partial charge in [-0.2, -0.15) is 0 Å². The molecule has 8 heteroatoms. The molecular weight excluding hydrogens is 304 g/mol. The Labute approximate surface area is 133 Å². The number of hydrogen-bond donors (Lipinski definition) is 1. The van der Waals surface area contributed by atoms with Crippen molar-refractivity contribution in [2.45, 2.75) is 32.9 Å². The summed E-state index contributed by atoms with van der Waals surface area (Å²) < 4.78 is 5.06. The molecule has 1 rings (SSSR count). The third kappa shape index (κ3) is 5.57. The fraction of sp³-hybridized carbons (Fsp3) is 0.467. The summed E-state index contributed by atoms with van der Waals surface area (Å²) in [5.41, 5.74) is 0.521. The minimum Gasteiger partial charge on any atom is -0.480 e. The number of hydrogen-bond acceptors (Lipinski definition) is 5. The van der Waals surface area contributed by atoms with Crippen LogP contribution in [0.4, 0.5) is 10.5 Å². The van der Waals surface area contributed by atoms with Crippen LogP contribution < -0.4 is 0 Å². The molecule has 1 amide bonds. The number of carboxylic acid groups (broad SMARTS) is 1.